The fourth-order valence-corrected chi connectivity index (χ4v) is 1.23. The minimum atomic E-state index is 0.244. The summed E-state index contributed by atoms with van der Waals surface area (Å²) in [6.45, 7) is 4.52. The lowest BCUT2D eigenvalue weighted by Gasteiger charge is -2.17. The lowest BCUT2D eigenvalue weighted by molar-refractivity contribution is 0.225. The first-order valence-electron chi connectivity index (χ1n) is 4.20. The van der Waals surface area contributed by atoms with Gasteiger partial charge in [0.1, 0.15) is 0 Å². The van der Waals surface area contributed by atoms with E-state index in [-0.39, 0.29) is 6.61 Å². The van der Waals surface area contributed by atoms with E-state index in [9.17, 15) is 0 Å². The molecule has 11 heavy (non-hydrogen) atoms. The zero-order valence-corrected chi connectivity index (χ0v) is 7.38. The second-order valence-electron chi connectivity index (χ2n) is 3.21. The highest BCUT2D eigenvalue weighted by Gasteiger charge is 2.11. The summed E-state index contributed by atoms with van der Waals surface area (Å²) in [5, 5.41) is 17.1. The van der Waals surface area contributed by atoms with Gasteiger partial charge >= 0.3 is 0 Å². The summed E-state index contributed by atoms with van der Waals surface area (Å²) in [6.07, 6.45) is 2.37. The van der Waals surface area contributed by atoms with Crippen LogP contribution < -0.4 is 0 Å². The van der Waals surface area contributed by atoms with Crippen molar-refractivity contribution in [2.45, 2.75) is 33.1 Å². The molecule has 0 aliphatic carbocycles. The average molecular weight is 155 g/mol. The molecule has 2 nitrogen and oxygen atoms in total. The third-order valence-corrected chi connectivity index (χ3v) is 2.07. The summed E-state index contributed by atoms with van der Waals surface area (Å²) in [5.41, 5.74) is 0. The maximum atomic E-state index is 8.70. The zero-order chi connectivity index (χ0) is 8.69. The van der Waals surface area contributed by atoms with Crippen LogP contribution in [0.5, 0.6) is 0 Å². The van der Waals surface area contributed by atoms with Crippen LogP contribution in [0.3, 0.4) is 0 Å². The lowest BCUT2D eigenvalue weighted by Crippen LogP contribution is -2.10. The molecule has 1 N–H and O–H groups in total. The highest BCUT2D eigenvalue weighted by molar-refractivity contribution is 4.73. The number of aliphatic hydroxyl groups is 1. The van der Waals surface area contributed by atoms with Crippen LogP contribution in [0.15, 0.2) is 0 Å². The number of hydrogen-bond donors (Lipinski definition) is 1. The molecule has 1 atom stereocenters. The largest absolute Gasteiger partial charge is 0.396 e. The topological polar surface area (TPSA) is 44.0 Å². The lowest BCUT2D eigenvalue weighted by atomic mass is 9.89. The molecule has 0 rings (SSSR count). The Bertz CT molecular complexity index is 126. The van der Waals surface area contributed by atoms with Crippen molar-refractivity contribution < 1.29 is 5.11 Å². The van der Waals surface area contributed by atoms with Crippen LogP contribution in [0.4, 0.5) is 0 Å². The monoisotopic (exact) mass is 155 g/mol. The van der Waals surface area contributed by atoms with Crippen LogP contribution in [0.2, 0.25) is 0 Å². The summed E-state index contributed by atoms with van der Waals surface area (Å²) in [6, 6.07) is 2.13. The van der Waals surface area contributed by atoms with E-state index in [2.05, 4.69) is 19.9 Å². The van der Waals surface area contributed by atoms with Crippen molar-refractivity contribution >= 4 is 0 Å². The van der Waals surface area contributed by atoms with E-state index in [1.54, 1.807) is 0 Å². The second-order valence-corrected chi connectivity index (χ2v) is 3.21. The smallest absolute Gasteiger partial charge is 0.0621 e. The summed E-state index contributed by atoms with van der Waals surface area (Å²) in [5.74, 6) is 1.09. The van der Waals surface area contributed by atoms with Crippen LogP contribution in [-0.4, -0.2) is 11.7 Å². The van der Waals surface area contributed by atoms with Crippen molar-refractivity contribution in [2.24, 2.45) is 11.8 Å². The first kappa shape index (κ1) is 10.4. The molecule has 0 radical (unpaired) electrons. The number of nitrogens with zero attached hydrogens (tertiary/aromatic N) is 1. The van der Waals surface area contributed by atoms with Gasteiger partial charge in [-0.2, -0.15) is 5.26 Å². The molecule has 2 heteroatoms. The molecule has 0 aromatic rings. The Morgan fingerprint density at radius 1 is 1.36 bits per heavy atom. The van der Waals surface area contributed by atoms with Crippen molar-refractivity contribution in [3.8, 4) is 6.07 Å². The van der Waals surface area contributed by atoms with Crippen molar-refractivity contribution in [3.05, 3.63) is 0 Å². The van der Waals surface area contributed by atoms with Crippen LogP contribution in [0.1, 0.15) is 33.1 Å². The Labute approximate surface area is 68.8 Å². The van der Waals surface area contributed by atoms with E-state index < -0.39 is 0 Å². The normalized spacial score (nSPS) is 13.0. The van der Waals surface area contributed by atoms with Crippen LogP contribution in [0, 0.1) is 23.2 Å². The van der Waals surface area contributed by atoms with Gasteiger partial charge in [-0.25, -0.2) is 0 Å². The van der Waals surface area contributed by atoms with Gasteiger partial charge in [0.25, 0.3) is 0 Å². The quantitative estimate of drug-likeness (QED) is 0.659. The predicted octanol–water partition coefficient (Wildman–Crippen LogP) is 1.94. The van der Waals surface area contributed by atoms with E-state index in [0.717, 1.165) is 12.8 Å². The van der Waals surface area contributed by atoms with E-state index in [4.69, 9.17) is 10.4 Å². The molecule has 0 fully saturated rings. The number of aliphatic hydroxyl groups excluding tert-OH is 1. The number of nitriles is 1. The molecule has 0 amide bonds. The highest BCUT2D eigenvalue weighted by atomic mass is 16.3. The molecular weight excluding hydrogens is 138 g/mol. The van der Waals surface area contributed by atoms with Crippen LogP contribution in [-0.2, 0) is 0 Å². The predicted molar refractivity (Wildman–Crippen MR) is 44.9 cm³/mol. The Morgan fingerprint density at radius 2 is 2.00 bits per heavy atom. The van der Waals surface area contributed by atoms with Crippen molar-refractivity contribution in [1.29, 1.82) is 5.26 Å². The molecular formula is C9H17NO. The van der Waals surface area contributed by atoms with Gasteiger partial charge in [-0.05, 0) is 24.7 Å². The Kier molecular flexibility index (Phi) is 5.87. The molecule has 0 saturated carbocycles. The minimum Gasteiger partial charge on any atom is -0.396 e. The number of hydrogen-bond acceptors (Lipinski definition) is 2. The van der Waals surface area contributed by atoms with Gasteiger partial charge in [-0.1, -0.05) is 13.8 Å². The van der Waals surface area contributed by atoms with Gasteiger partial charge in [-0.3, -0.25) is 0 Å². The molecule has 0 spiro atoms. The Morgan fingerprint density at radius 3 is 2.36 bits per heavy atom. The van der Waals surface area contributed by atoms with Gasteiger partial charge in [0.15, 0.2) is 0 Å². The van der Waals surface area contributed by atoms with Crippen molar-refractivity contribution in [1.82, 2.24) is 0 Å². The summed E-state index contributed by atoms with van der Waals surface area (Å²) < 4.78 is 0. The van der Waals surface area contributed by atoms with Crippen molar-refractivity contribution in [2.75, 3.05) is 6.61 Å². The molecule has 0 aromatic heterocycles. The molecule has 0 saturated heterocycles. The molecule has 0 bridgehead atoms. The molecule has 0 aromatic carbocycles. The third kappa shape index (κ3) is 4.80. The minimum absolute atomic E-state index is 0.244. The van der Waals surface area contributed by atoms with Gasteiger partial charge in [0, 0.05) is 13.0 Å². The SMILES string of the molecule is CC(C)C(CCO)CCC#N. The number of rotatable bonds is 5. The summed E-state index contributed by atoms with van der Waals surface area (Å²) >= 11 is 0. The zero-order valence-electron chi connectivity index (χ0n) is 7.38. The van der Waals surface area contributed by atoms with Gasteiger partial charge < -0.3 is 5.11 Å². The molecule has 0 heterocycles. The fraction of sp³-hybridized carbons (Fsp3) is 0.889. The maximum absolute atomic E-state index is 8.70. The summed E-state index contributed by atoms with van der Waals surface area (Å²) in [7, 11) is 0. The second kappa shape index (κ2) is 6.18. The van der Waals surface area contributed by atoms with Crippen LogP contribution in [0.25, 0.3) is 0 Å². The van der Waals surface area contributed by atoms with E-state index in [1.165, 1.54) is 0 Å². The Balaban J connectivity index is 3.62. The van der Waals surface area contributed by atoms with E-state index in [0.29, 0.717) is 18.3 Å². The third-order valence-electron chi connectivity index (χ3n) is 2.07. The molecule has 0 aliphatic rings. The summed E-state index contributed by atoms with van der Waals surface area (Å²) in [4.78, 5) is 0. The molecule has 1 unspecified atom stereocenters. The first-order chi connectivity index (χ1) is 5.22. The maximum Gasteiger partial charge on any atom is 0.0621 e. The fourth-order valence-electron chi connectivity index (χ4n) is 1.23. The Hall–Kier alpha value is -0.550. The highest BCUT2D eigenvalue weighted by Crippen LogP contribution is 2.19. The van der Waals surface area contributed by atoms with Gasteiger partial charge in [0.2, 0.25) is 0 Å². The molecule has 0 aliphatic heterocycles. The van der Waals surface area contributed by atoms with Crippen LogP contribution >= 0.6 is 0 Å². The standard InChI is InChI=1S/C9H17NO/c1-8(2)9(5-7-11)4-3-6-10/h8-9,11H,3-5,7H2,1-2H3. The van der Waals surface area contributed by atoms with Gasteiger partial charge in [0.05, 0.1) is 6.07 Å². The van der Waals surface area contributed by atoms with Gasteiger partial charge in [-0.15, -0.1) is 0 Å². The van der Waals surface area contributed by atoms with E-state index in [1.807, 2.05) is 0 Å². The average Bonchev–Trinajstić information content (AvgIpc) is 1.97. The van der Waals surface area contributed by atoms with Crippen molar-refractivity contribution in [3.63, 3.8) is 0 Å². The first-order valence-corrected chi connectivity index (χ1v) is 4.20. The van der Waals surface area contributed by atoms with E-state index >= 15 is 0 Å². The molecule has 64 valence electrons.